The summed E-state index contributed by atoms with van der Waals surface area (Å²) in [6, 6.07) is 4.68. The van der Waals surface area contributed by atoms with Crippen molar-refractivity contribution >= 4 is 28.0 Å². The zero-order valence-corrected chi connectivity index (χ0v) is 11.7. The third-order valence-corrected chi connectivity index (χ3v) is 3.29. The fraction of sp³-hybridized carbons (Fsp3) is 0.167. The molecule has 0 N–H and O–H groups in total. The Balaban J connectivity index is 1.97. The second-order valence-electron chi connectivity index (χ2n) is 4.42. The molecule has 0 spiro atoms. The van der Waals surface area contributed by atoms with Crippen molar-refractivity contribution in [2.24, 2.45) is 15.2 Å². The number of aliphatic imine (C=N–C) groups is 1. The molecular weight excluding hydrogens is 296 g/mol. The van der Waals surface area contributed by atoms with Gasteiger partial charge >= 0.3 is 16.1 Å². The second kappa shape index (κ2) is 4.77. The molecular formula is C12H10N4O4S. The number of azo groups is 1. The Morgan fingerprint density at radius 3 is 2.95 bits per heavy atom. The van der Waals surface area contributed by atoms with Crippen LogP contribution in [0.1, 0.15) is 15.9 Å². The van der Waals surface area contributed by atoms with Crippen molar-refractivity contribution in [3.05, 3.63) is 41.3 Å². The highest BCUT2D eigenvalue weighted by molar-refractivity contribution is 7.86. The normalized spacial score (nSPS) is 16.0. The van der Waals surface area contributed by atoms with E-state index in [0.717, 1.165) is 11.9 Å². The van der Waals surface area contributed by atoms with E-state index in [9.17, 15) is 13.2 Å². The highest BCUT2D eigenvalue weighted by Gasteiger charge is 2.22. The fourth-order valence-electron chi connectivity index (χ4n) is 1.99. The van der Waals surface area contributed by atoms with E-state index in [1.807, 2.05) is 4.90 Å². The van der Waals surface area contributed by atoms with Crippen molar-refractivity contribution in [1.82, 2.24) is 0 Å². The molecule has 0 amide bonds. The third kappa shape index (κ3) is 2.68. The molecule has 0 unspecified atom stereocenters. The predicted octanol–water partition coefficient (Wildman–Crippen LogP) is 1.26. The first-order valence-corrected chi connectivity index (χ1v) is 7.72. The van der Waals surface area contributed by atoms with Gasteiger partial charge < -0.3 is 9.08 Å². The van der Waals surface area contributed by atoms with Crippen LogP contribution in [-0.2, 0) is 14.3 Å². The number of benzene rings is 1. The van der Waals surface area contributed by atoms with Crippen molar-refractivity contribution in [3.63, 3.8) is 0 Å². The molecule has 1 aromatic rings. The van der Waals surface area contributed by atoms with Crippen molar-refractivity contribution < 1.29 is 17.4 Å². The molecule has 8 nitrogen and oxygen atoms in total. The minimum absolute atomic E-state index is 0.127. The summed E-state index contributed by atoms with van der Waals surface area (Å²) in [4.78, 5) is 17.7. The quantitative estimate of drug-likeness (QED) is 0.766. The maximum absolute atomic E-state index is 11.8. The molecule has 2 aliphatic heterocycles. The van der Waals surface area contributed by atoms with Crippen LogP contribution in [-0.4, -0.2) is 33.5 Å². The second-order valence-corrected chi connectivity index (χ2v) is 6.00. The van der Waals surface area contributed by atoms with Gasteiger partial charge in [0.25, 0.3) is 0 Å². The molecule has 0 aliphatic carbocycles. The van der Waals surface area contributed by atoms with Gasteiger partial charge in [0.2, 0.25) is 0 Å². The lowest BCUT2D eigenvalue weighted by Crippen LogP contribution is -2.18. The fourth-order valence-corrected chi connectivity index (χ4v) is 2.36. The summed E-state index contributed by atoms with van der Waals surface area (Å²) in [5.74, 6) is -0.321. The summed E-state index contributed by atoms with van der Waals surface area (Å²) in [6.07, 6.45) is 3.94. The van der Waals surface area contributed by atoms with E-state index in [0.29, 0.717) is 18.1 Å². The van der Waals surface area contributed by atoms with Crippen LogP contribution < -0.4 is 4.90 Å². The van der Waals surface area contributed by atoms with Crippen LogP contribution in [0.5, 0.6) is 0 Å². The van der Waals surface area contributed by atoms with Crippen molar-refractivity contribution in [2.75, 3.05) is 17.8 Å². The monoisotopic (exact) mass is 306 g/mol. The minimum Gasteiger partial charge on any atom is -0.341 e. The average Bonchev–Trinajstić information content (AvgIpc) is 2.78. The summed E-state index contributed by atoms with van der Waals surface area (Å²) in [5.41, 5.74) is 1.56. The Bertz CT molecular complexity index is 811. The molecule has 2 aliphatic rings. The summed E-state index contributed by atoms with van der Waals surface area (Å²) in [7, 11) is -3.85. The van der Waals surface area contributed by atoms with Gasteiger partial charge in [-0.3, -0.25) is 4.99 Å². The highest BCUT2D eigenvalue weighted by Crippen LogP contribution is 2.30. The number of rotatable bonds is 2. The van der Waals surface area contributed by atoms with Gasteiger partial charge in [0.05, 0.1) is 23.7 Å². The molecule has 0 aromatic heterocycles. The maximum atomic E-state index is 11.8. The summed E-state index contributed by atoms with van der Waals surface area (Å²) >= 11 is 0. The summed E-state index contributed by atoms with van der Waals surface area (Å²) in [5, 5.41) is 7.86. The summed E-state index contributed by atoms with van der Waals surface area (Å²) in [6.45, 7) is 0.370. The molecule has 0 atom stereocenters. The Morgan fingerprint density at radius 1 is 1.38 bits per heavy atom. The van der Waals surface area contributed by atoms with Gasteiger partial charge in [-0.2, -0.15) is 13.5 Å². The zero-order chi connectivity index (χ0) is 15.0. The van der Waals surface area contributed by atoms with E-state index in [1.54, 1.807) is 18.5 Å². The predicted molar refractivity (Wildman–Crippen MR) is 74.6 cm³/mol. The number of fused-ring (bicyclic) bond motifs is 3. The van der Waals surface area contributed by atoms with Gasteiger partial charge in [-0.1, -0.05) is 0 Å². The van der Waals surface area contributed by atoms with E-state index >= 15 is 0 Å². The molecule has 9 heteroatoms. The molecule has 0 saturated carbocycles. The first-order valence-electron chi connectivity index (χ1n) is 5.90. The first-order chi connectivity index (χ1) is 9.94. The van der Waals surface area contributed by atoms with Crippen LogP contribution in [0.15, 0.2) is 45.4 Å². The molecule has 3 rings (SSSR count). The van der Waals surface area contributed by atoms with E-state index in [4.69, 9.17) is 0 Å². The maximum Gasteiger partial charge on any atom is 0.353 e. The van der Waals surface area contributed by atoms with E-state index < -0.39 is 16.1 Å². The van der Waals surface area contributed by atoms with Crippen LogP contribution >= 0.6 is 0 Å². The van der Waals surface area contributed by atoms with E-state index in [-0.39, 0.29) is 5.56 Å². The van der Waals surface area contributed by atoms with Crippen LogP contribution in [0.25, 0.3) is 0 Å². The topological polar surface area (TPSA) is 101 Å². The number of carbonyl (C=O) groups excluding carboxylic acids is 1. The lowest BCUT2D eigenvalue weighted by Gasteiger charge is -2.17. The van der Waals surface area contributed by atoms with Crippen LogP contribution in [0.4, 0.5) is 5.69 Å². The van der Waals surface area contributed by atoms with E-state index in [2.05, 4.69) is 19.4 Å². The lowest BCUT2D eigenvalue weighted by atomic mass is 10.1. The first kappa shape index (κ1) is 13.4. The molecule has 108 valence electrons. The molecule has 1 aromatic carbocycles. The third-order valence-electron chi connectivity index (χ3n) is 2.84. The van der Waals surface area contributed by atoms with Crippen molar-refractivity contribution in [3.8, 4) is 0 Å². The zero-order valence-electron chi connectivity index (χ0n) is 10.9. The van der Waals surface area contributed by atoms with Crippen molar-refractivity contribution in [1.29, 1.82) is 0 Å². The Morgan fingerprint density at radius 2 is 2.19 bits per heavy atom. The van der Waals surface area contributed by atoms with Gasteiger partial charge in [-0.05, 0) is 18.2 Å². The number of nitrogens with zero attached hydrogens (tertiary/aromatic N) is 4. The van der Waals surface area contributed by atoms with Gasteiger partial charge in [0.1, 0.15) is 6.67 Å². The smallest absolute Gasteiger partial charge is 0.341 e. The molecule has 0 bridgehead atoms. The Hall–Kier alpha value is -2.55. The average molecular weight is 306 g/mol. The van der Waals surface area contributed by atoms with Gasteiger partial charge in [0, 0.05) is 11.8 Å². The van der Waals surface area contributed by atoms with Crippen LogP contribution in [0, 0.1) is 0 Å². The number of hydrogen-bond acceptors (Lipinski definition) is 8. The highest BCUT2D eigenvalue weighted by atomic mass is 32.2. The molecule has 21 heavy (non-hydrogen) atoms. The number of carbonyl (C=O) groups is 1. The number of hydrogen-bond donors (Lipinski definition) is 0. The number of anilines is 1. The van der Waals surface area contributed by atoms with Gasteiger partial charge in [-0.15, -0.1) is 5.11 Å². The lowest BCUT2D eigenvalue weighted by molar-refractivity contribution is 0.0748. The van der Waals surface area contributed by atoms with Gasteiger partial charge in [0.15, 0.2) is 5.82 Å². The van der Waals surface area contributed by atoms with Crippen LogP contribution in [0.3, 0.4) is 0 Å². The van der Waals surface area contributed by atoms with E-state index in [1.165, 1.54) is 12.1 Å². The largest absolute Gasteiger partial charge is 0.353 e. The molecule has 0 saturated heterocycles. The Labute approximate surface area is 120 Å². The molecule has 0 radical (unpaired) electrons. The molecule has 2 heterocycles. The minimum atomic E-state index is -3.85. The van der Waals surface area contributed by atoms with Crippen LogP contribution in [0.2, 0.25) is 0 Å². The van der Waals surface area contributed by atoms with Gasteiger partial charge in [-0.25, -0.2) is 4.79 Å². The molecule has 0 fully saturated rings. The Kier molecular flexibility index (Phi) is 3.05. The standard InChI is InChI=1S/C12H10N4O4S/c1-21(18,19)20-12(17)8-2-3-10-9(4-8)5-13-6-11-15-14-7-16(10)11/h2-6H,7H2,1H3. The van der Waals surface area contributed by atoms with Crippen molar-refractivity contribution in [2.45, 2.75) is 0 Å². The summed E-state index contributed by atoms with van der Waals surface area (Å²) < 4.78 is 26.4. The SMILES string of the molecule is CS(=O)(=O)OC(=O)c1ccc2c(c1)C=NC=C1N=NCN12.